The highest BCUT2D eigenvalue weighted by Gasteiger charge is 2.13. The zero-order valence-electron chi connectivity index (χ0n) is 7.41. The van der Waals surface area contributed by atoms with E-state index >= 15 is 0 Å². The van der Waals surface area contributed by atoms with Crippen LogP contribution in [0.15, 0.2) is 5.38 Å². The van der Waals surface area contributed by atoms with Crippen LogP contribution in [0.4, 0.5) is 0 Å². The molecule has 0 spiro atoms. The van der Waals surface area contributed by atoms with Crippen molar-refractivity contribution >= 4 is 28.7 Å². The first-order valence-corrected chi connectivity index (χ1v) is 5.17. The third-order valence-corrected chi connectivity index (χ3v) is 2.88. The molecule has 13 heavy (non-hydrogen) atoms. The highest BCUT2D eigenvalue weighted by Crippen LogP contribution is 2.20. The first kappa shape index (κ1) is 10.6. The molecule has 0 bridgehead atoms. The molecule has 0 aromatic carbocycles. The number of halogens is 1. The maximum atomic E-state index is 11.1. The van der Waals surface area contributed by atoms with Crippen molar-refractivity contribution in [3.05, 3.63) is 16.1 Å². The van der Waals surface area contributed by atoms with Crippen LogP contribution in [-0.2, 0) is 4.74 Å². The van der Waals surface area contributed by atoms with Gasteiger partial charge in [-0.1, -0.05) is 0 Å². The van der Waals surface area contributed by atoms with Crippen LogP contribution < -0.4 is 0 Å². The number of nitrogens with zero attached hydrogens (tertiary/aromatic N) is 1. The highest BCUT2D eigenvalue weighted by atomic mass is 35.5. The number of rotatable bonds is 4. The van der Waals surface area contributed by atoms with E-state index < -0.39 is 0 Å². The third kappa shape index (κ3) is 2.49. The van der Waals surface area contributed by atoms with Crippen LogP contribution in [0.25, 0.3) is 0 Å². The van der Waals surface area contributed by atoms with E-state index in [1.807, 2.05) is 6.92 Å². The molecular weight excluding hydrogens is 210 g/mol. The minimum atomic E-state index is -0.146. The number of alkyl halides is 1. The summed E-state index contributed by atoms with van der Waals surface area (Å²) in [7, 11) is 1.61. The van der Waals surface area contributed by atoms with Gasteiger partial charge in [-0.15, -0.1) is 22.9 Å². The van der Waals surface area contributed by atoms with E-state index in [1.54, 1.807) is 12.5 Å². The Hall–Kier alpha value is -0.450. The van der Waals surface area contributed by atoms with Crippen LogP contribution in [0, 0.1) is 0 Å². The van der Waals surface area contributed by atoms with Crippen LogP contribution >= 0.6 is 22.9 Å². The lowest BCUT2D eigenvalue weighted by atomic mass is 10.3. The van der Waals surface area contributed by atoms with Gasteiger partial charge in [0.2, 0.25) is 0 Å². The quantitative estimate of drug-likeness (QED) is 0.576. The topological polar surface area (TPSA) is 39.2 Å². The van der Waals surface area contributed by atoms with Gasteiger partial charge < -0.3 is 4.74 Å². The number of carbonyl (C=O) groups is 1. The molecule has 0 radical (unpaired) electrons. The molecule has 0 aliphatic heterocycles. The second kappa shape index (κ2) is 4.69. The normalized spacial score (nSPS) is 12.8. The lowest BCUT2D eigenvalue weighted by molar-refractivity contribution is 0.101. The van der Waals surface area contributed by atoms with Crippen LogP contribution in [0.5, 0.6) is 0 Å². The van der Waals surface area contributed by atoms with Gasteiger partial charge in [-0.2, -0.15) is 0 Å². The van der Waals surface area contributed by atoms with Gasteiger partial charge in [-0.05, 0) is 6.92 Å². The molecule has 0 saturated carbocycles. The van der Waals surface area contributed by atoms with E-state index in [0.29, 0.717) is 5.69 Å². The number of hydrogen-bond donors (Lipinski definition) is 0. The summed E-state index contributed by atoms with van der Waals surface area (Å²) in [5.41, 5.74) is 0.430. The number of aromatic nitrogens is 1. The number of Topliss-reactive ketones (excluding diaryl/α,β-unsaturated/α-hetero) is 1. The van der Waals surface area contributed by atoms with Gasteiger partial charge in [0.1, 0.15) is 16.8 Å². The van der Waals surface area contributed by atoms with Gasteiger partial charge in [0.05, 0.1) is 5.88 Å². The molecule has 1 aromatic heterocycles. The van der Waals surface area contributed by atoms with Crippen molar-refractivity contribution in [1.29, 1.82) is 0 Å². The minimum absolute atomic E-state index is 0.0233. The van der Waals surface area contributed by atoms with E-state index in [1.165, 1.54) is 11.3 Å². The number of hydrogen-bond acceptors (Lipinski definition) is 4. The minimum Gasteiger partial charge on any atom is -0.375 e. The van der Waals surface area contributed by atoms with E-state index in [9.17, 15) is 4.79 Å². The maximum absolute atomic E-state index is 11.1. The molecule has 0 amide bonds. The van der Waals surface area contributed by atoms with Gasteiger partial charge in [0.25, 0.3) is 0 Å². The Morgan fingerprint density at radius 1 is 1.85 bits per heavy atom. The summed E-state index contributed by atoms with van der Waals surface area (Å²) in [5.74, 6) is -0.169. The predicted octanol–water partition coefficient (Wildman–Crippen LogP) is 2.27. The van der Waals surface area contributed by atoms with Gasteiger partial charge in [0, 0.05) is 12.5 Å². The Morgan fingerprint density at radius 2 is 2.54 bits per heavy atom. The summed E-state index contributed by atoms with van der Waals surface area (Å²) < 4.78 is 5.07. The van der Waals surface area contributed by atoms with Crippen LogP contribution in [-0.4, -0.2) is 23.8 Å². The Kier molecular flexibility index (Phi) is 3.84. The van der Waals surface area contributed by atoms with Crippen molar-refractivity contribution in [2.24, 2.45) is 0 Å². The Balaban J connectivity index is 2.80. The largest absolute Gasteiger partial charge is 0.375 e. The van der Waals surface area contributed by atoms with E-state index in [2.05, 4.69) is 4.98 Å². The molecule has 1 rings (SSSR count). The second-order valence-corrected chi connectivity index (χ2v) is 3.66. The smallest absolute Gasteiger partial charge is 0.196 e. The summed E-state index contributed by atoms with van der Waals surface area (Å²) in [4.78, 5) is 15.2. The molecule has 0 saturated heterocycles. The molecule has 3 nitrogen and oxygen atoms in total. The molecular formula is C8H10ClNO2S. The Bertz CT molecular complexity index is 300. The van der Waals surface area contributed by atoms with Gasteiger partial charge in [-0.25, -0.2) is 4.98 Å². The average molecular weight is 220 g/mol. The lowest BCUT2D eigenvalue weighted by Gasteiger charge is -2.03. The molecule has 1 atom stereocenters. The monoisotopic (exact) mass is 219 g/mol. The second-order valence-electron chi connectivity index (χ2n) is 2.51. The molecule has 0 aliphatic rings. The van der Waals surface area contributed by atoms with E-state index in [4.69, 9.17) is 16.3 Å². The fourth-order valence-electron chi connectivity index (χ4n) is 0.772. The SMILES string of the molecule is COC(C)c1nc(C(=O)CCl)cs1. The van der Waals surface area contributed by atoms with Crippen molar-refractivity contribution in [2.75, 3.05) is 13.0 Å². The molecule has 0 N–H and O–H groups in total. The summed E-state index contributed by atoms with van der Waals surface area (Å²) in [6, 6.07) is 0. The summed E-state index contributed by atoms with van der Waals surface area (Å²) in [6.07, 6.45) is -0.0677. The molecule has 1 heterocycles. The third-order valence-electron chi connectivity index (χ3n) is 1.63. The van der Waals surface area contributed by atoms with Crippen LogP contribution in [0.2, 0.25) is 0 Å². The van der Waals surface area contributed by atoms with Gasteiger partial charge in [-0.3, -0.25) is 4.79 Å². The first-order valence-electron chi connectivity index (χ1n) is 3.76. The number of carbonyl (C=O) groups excluding carboxylic acids is 1. The van der Waals surface area contributed by atoms with Gasteiger partial charge in [0.15, 0.2) is 5.78 Å². The van der Waals surface area contributed by atoms with Gasteiger partial charge >= 0.3 is 0 Å². The molecule has 0 fully saturated rings. The number of ketones is 1. The average Bonchev–Trinajstić information content (AvgIpc) is 2.64. The molecule has 1 unspecified atom stereocenters. The molecule has 1 aromatic rings. The standard InChI is InChI=1S/C8H10ClNO2S/c1-5(12-2)8-10-6(4-13-8)7(11)3-9/h4-5H,3H2,1-2H3. The molecule has 5 heteroatoms. The fraction of sp³-hybridized carbons (Fsp3) is 0.500. The predicted molar refractivity (Wildman–Crippen MR) is 52.6 cm³/mol. The van der Waals surface area contributed by atoms with Crippen molar-refractivity contribution < 1.29 is 9.53 Å². The Labute approximate surface area is 85.7 Å². The lowest BCUT2D eigenvalue weighted by Crippen LogP contribution is -2.02. The van der Waals surface area contributed by atoms with E-state index in [0.717, 1.165) is 5.01 Å². The van der Waals surface area contributed by atoms with Crippen molar-refractivity contribution in [3.63, 3.8) is 0 Å². The molecule has 0 aliphatic carbocycles. The maximum Gasteiger partial charge on any atom is 0.196 e. The van der Waals surface area contributed by atoms with Crippen molar-refractivity contribution in [2.45, 2.75) is 13.0 Å². The van der Waals surface area contributed by atoms with Crippen LogP contribution in [0.3, 0.4) is 0 Å². The van der Waals surface area contributed by atoms with Crippen LogP contribution in [0.1, 0.15) is 28.5 Å². The number of thiazole rings is 1. The Morgan fingerprint density at radius 3 is 3.08 bits per heavy atom. The van der Waals surface area contributed by atoms with Crippen molar-refractivity contribution in [3.8, 4) is 0 Å². The zero-order valence-corrected chi connectivity index (χ0v) is 8.98. The summed E-state index contributed by atoms with van der Waals surface area (Å²) >= 11 is 6.80. The zero-order chi connectivity index (χ0) is 9.84. The van der Waals surface area contributed by atoms with Crippen molar-refractivity contribution in [1.82, 2.24) is 4.98 Å². The summed E-state index contributed by atoms with van der Waals surface area (Å²) in [5, 5.41) is 2.51. The number of ether oxygens (including phenoxy) is 1. The highest BCUT2D eigenvalue weighted by molar-refractivity contribution is 7.09. The first-order chi connectivity index (χ1) is 6.19. The summed E-state index contributed by atoms with van der Waals surface area (Å²) in [6.45, 7) is 1.88. The number of methoxy groups -OCH3 is 1. The van der Waals surface area contributed by atoms with E-state index in [-0.39, 0.29) is 17.8 Å². The molecule has 72 valence electrons. The fourth-order valence-corrected chi connectivity index (χ4v) is 1.76.